The van der Waals surface area contributed by atoms with Crippen molar-refractivity contribution in [2.24, 2.45) is 0 Å². The first-order valence-corrected chi connectivity index (χ1v) is 13.5. The number of nitrogens with zero attached hydrogens (tertiary/aromatic N) is 3. The molecule has 4 aromatic rings. The lowest BCUT2D eigenvalue weighted by atomic mass is 10.1. The summed E-state index contributed by atoms with van der Waals surface area (Å²) in [5.74, 6) is 1.28. The van der Waals surface area contributed by atoms with Gasteiger partial charge < -0.3 is 14.5 Å². The second-order valence-electron chi connectivity index (χ2n) is 9.00. The van der Waals surface area contributed by atoms with E-state index in [2.05, 4.69) is 9.88 Å². The molecular weight excluding hydrogens is 494 g/mol. The SMILES string of the molecule is COc1ccc(/C=C/C(=O)N2CCN(c3ccc(C(=O)CSc4ccnc5ccccc45)cc3)CC2)cc1. The van der Waals surface area contributed by atoms with E-state index in [1.807, 2.05) is 89.8 Å². The molecule has 2 heterocycles. The predicted molar refractivity (Wildman–Crippen MR) is 154 cm³/mol. The highest BCUT2D eigenvalue weighted by Gasteiger charge is 2.20. The van der Waals surface area contributed by atoms with Gasteiger partial charge in [0.2, 0.25) is 5.91 Å². The highest BCUT2D eigenvalue weighted by molar-refractivity contribution is 8.00. The van der Waals surface area contributed by atoms with Crippen molar-refractivity contribution in [1.29, 1.82) is 0 Å². The van der Waals surface area contributed by atoms with E-state index in [-0.39, 0.29) is 11.7 Å². The van der Waals surface area contributed by atoms with Gasteiger partial charge in [-0.2, -0.15) is 0 Å². The molecule has 1 amide bonds. The zero-order valence-corrected chi connectivity index (χ0v) is 22.1. The van der Waals surface area contributed by atoms with Gasteiger partial charge in [0.1, 0.15) is 5.75 Å². The number of fused-ring (bicyclic) bond motifs is 1. The number of amides is 1. The number of ether oxygens (including phenoxy) is 1. The van der Waals surface area contributed by atoms with Crippen LogP contribution in [0.3, 0.4) is 0 Å². The van der Waals surface area contributed by atoms with E-state index in [9.17, 15) is 9.59 Å². The highest BCUT2D eigenvalue weighted by atomic mass is 32.2. The van der Waals surface area contributed by atoms with Gasteiger partial charge in [-0.15, -0.1) is 11.8 Å². The summed E-state index contributed by atoms with van der Waals surface area (Å²) in [7, 11) is 1.63. The number of para-hydroxylation sites is 1. The number of anilines is 1. The Bertz CT molecular complexity index is 1440. The van der Waals surface area contributed by atoms with Crippen LogP contribution >= 0.6 is 11.8 Å². The standard InChI is InChI=1S/C31H29N3O3S/c1-37-26-13-6-23(7-14-26)8-15-31(36)34-20-18-33(19-21-34)25-11-9-24(10-12-25)29(35)22-38-30-16-17-32-28-5-3-2-4-27(28)30/h2-17H,18-22H2,1H3/b15-8+. The first-order valence-electron chi connectivity index (χ1n) is 12.6. The number of carbonyl (C=O) groups excluding carboxylic acids is 2. The fraction of sp³-hybridized carbons (Fsp3) is 0.194. The van der Waals surface area contributed by atoms with Crippen LogP contribution < -0.4 is 9.64 Å². The van der Waals surface area contributed by atoms with Gasteiger partial charge in [0.25, 0.3) is 0 Å². The minimum atomic E-state index is 0.0147. The Morgan fingerprint density at radius 2 is 1.66 bits per heavy atom. The van der Waals surface area contributed by atoms with E-state index >= 15 is 0 Å². The van der Waals surface area contributed by atoms with Crippen LogP contribution in [0.4, 0.5) is 5.69 Å². The number of ketones is 1. The number of hydrogen-bond donors (Lipinski definition) is 0. The van der Waals surface area contributed by atoms with Crippen molar-refractivity contribution >= 4 is 46.1 Å². The molecule has 0 saturated carbocycles. The zero-order valence-electron chi connectivity index (χ0n) is 21.2. The lowest BCUT2D eigenvalue weighted by Crippen LogP contribution is -2.48. The minimum Gasteiger partial charge on any atom is -0.497 e. The average molecular weight is 524 g/mol. The number of piperazine rings is 1. The number of thioether (sulfide) groups is 1. The zero-order chi connectivity index (χ0) is 26.3. The molecule has 0 atom stereocenters. The fourth-order valence-corrected chi connectivity index (χ4v) is 5.39. The Balaban J connectivity index is 1.12. The Labute approximate surface area is 226 Å². The van der Waals surface area contributed by atoms with Crippen LogP contribution in [0, 0.1) is 0 Å². The molecule has 0 unspecified atom stereocenters. The molecule has 1 aliphatic rings. The molecular formula is C31H29N3O3S. The first-order chi connectivity index (χ1) is 18.6. The van der Waals surface area contributed by atoms with Crippen molar-refractivity contribution < 1.29 is 14.3 Å². The van der Waals surface area contributed by atoms with E-state index in [1.165, 1.54) is 0 Å². The van der Waals surface area contributed by atoms with Gasteiger partial charge in [-0.3, -0.25) is 14.6 Å². The number of pyridine rings is 1. The Morgan fingerprint density at radius 3 is 2.39 bits per heavy atom. The average Bonchev–Trinajstić information content (AvgIpc) is 2.99. The van der Waals surface area contributed by atoms with Crippen LogP contribution in [0.1, 0.15) is 15.9 Å². The number of carbonyl (C=O) groups is 2. The molecule has 7 heteroatoms. The second kappa shape index (κ2) is 12.0. The molecule has 1 aromatic heterocycles. The number of aromatic nitrogens is 1. The van der Waals surface area contributed by atoms with E-state index in [1.54, 1.807) is 31.1 Å². The molecule has 5 rings (SSSR count). The molecule has 1 saturated heterocycles. The second-order valence-corrected chi connectivity index (χ2v) is 10.0. The van der Waals surface area contributed by atoms with Crippen molar-refractivity contribution in [3.63, 3.8) is 0 Å². The largest absolute Gasteiger partial charge is 0.497 e. The summed E-state index contributed by atoms with van der Waals surface area (Å²) in [5, 5.41) is 1.07. The maximum absolute atomic E-state index is 12.8. The molecule has 192 valence electrons. The number of Topliss-reactive ketones (excluding diaryl/α,β-unsaturated/α-hetero) is 1. The van der Waals surface area contributed by atoms with Crippen molar-refractivity contribution in [2.75, 3.05) is 43.9 Å². The Morgan fingerprint density at radius 1 is 0.921 bits per heavy atom. The number of methoxy groups -OCH3 is 1. The maximum atomic E-state index is 12.8. The molecule has 0 spiro atoms. The van der Waals surface area contributed by atoms with Gasteiger partial charge in [0, 0.05) is 60.0 Å². The molecule has 3 aromatic carbocycles. The van der Waals surface area contributed by atoms with Crippen molar-refractivity contribution in [2.45, 2.75) is 4.90 Å². The molecule has 1 fully saturated rings. The molecule has 6 nitrogen and oxygen atoms in total. The third-order valence-corrected chi connectivity index (χ3v) is 7.72. The van der Waals surface area contributed by atoms with Gasteiger partial charge in [-0.25, -0.2) is 0 Å². The van der Waals surface area contributed by atoms with Crippen LogP contribution in [0.25, 0.3) is 17.0 Å². The van der Waals surface area contributed by atoms with Crippen molar-refractivity contribution in [3.05, 3.63) is 102 Å². The summed E-state index contributed by atoms with van der Waals surface area (Å²) in [5.41, 5.74) is 3.66. The normalized spacial score (nSPS) is 13.7. The molecule has 38 heavy (non-hydrogen) atoms. The molecule has 1 aliphatic heterocycles. The Hall–Kier alpha value is -4.10. The first kappa shape index (κ1) is 25.5. The third-order valence-electron chi connectivity index (χ3n) is 6.65. The molecule has 0 N–H and O–H groups in total. The predicted octanol–water partition coefficient (Wildman–Crippen LogP) is 5.58. The van der Waals surface area contributed by atoms with Crippen LogP contribution in [-0.4, -0.2) is 60.6 Å². The van der Waals surface area contributed by atoms with Crippen molar-refractivity contribution in [3.8, 4) is 5.75 Å². The minimum absolute atomic E-state index is 0.0147. The quantitative estimate of drug-likeness (QED) is 0.171. The lowest BCUT2D eigenvalue weighted by molar-refractivity contribution is -0.126. The lowest BCUT2D eigenvalue weighted by Gasteiger charge is -2.35. The number of benzene rings is 3. The van der Waals surface area contributed by atoms with Crippen LogP contribution in [-0.2, 0) is 4.79 Å². The van der Waals surface area contributed by atoms with Crippen LogP contribution in [0.15, 0.2) is 96.0 Å². The molecule has 0 aliphatic carbocycles. The van der Waals surface area contributed by atoms with E-state index in [4.69, 9.17) is 4.74 Å². The van der Waals surface area contributed by atoms with Gasteiger partial charge in [-0.05, 0) is 60.2 Å². The molecule has 0 radical (unpaired) electrons. The number of rotatable bonds is 8. The van der Waals surface area contributed by atoms with Gasteiger partial charge in [0.15, 0.2) is 5.78 Å². The number of hydrogen-bond acceptors (Lipinski definition) is 6. The monoisotopic (exact) mass is 523 g/mol. The van der Waals surface area contributed by atoms with E-state index < -0.39 is 0 Å². The van der Waals surface area contributed by atoms with E-state index in [0.29, 0.717) is 24.4 Å². The summed E-state index contributed by atoms with van der Waals surface area (Å²) < 4.78 is 5.17. The summed E-state index contributed by atoms with van der Waals surface area (Å²) >= 11 is 1.54. The van der Waals surface area contributed by atoms with Crippen LogP contribution in [0.2, 0.25) is 0 Å². The summed E-state index contributed by atoms with van der Waals surface area (Å²) in [6, 6.07) is 25.3. The van der Waals surface area contributed by atoms with Gasteiger partial charge in [-0.1, -0.05) is 30.3 Å². The molecule has 0 bridgehead atoms. The fourth-order valence-electron chi connectivity index (χ4n) is 4.45. The van der Waals surface area contributed by atoms with Gasteiger partial charge >= 0.3 is 0 Å². The maximum Gasteiger partial charge on any atom is 0.246 e. The van der Waals surface area contributed by atoms with E-state index in [0.717, 1.165) is 45.9 Å². The van der Waals surface area contributed by atoms with Crippen LogP contribution in [0.5, 0.6) is 5.75 Å². The highest BCUT2D eigenvalue weighted by Crippen LogP contribution is 2.27. The van der Waals surface area contributed by atoms with Gasteiger partial charge in [0.05, 0.1) is 18.4 Å². The Kier molecular flexibility index (Phi) is 8.04. The summed E-state index contributed by atoms with van der Waals surface area (Å²) in [6.07, 6.45) is 5.25. The van der Waals surface area contributed by atoms with Crippen molar-refractivity contribution in [1.82, 2.24) is 9.88 Å². The third kappa shape index (κ3) is 6.06. The summed E-state index contributed by atoms with van der Waals surface area (Å²) in [4.78, 5) is 35.1. The summed E-state index contributed by atoms with van der Waals surface area (Å²) in [6.45, 7) is 2.81. The smallest absolute Gasteiger partial charge is 0.246 e. The topological polar surface area (TPSA) is 62.7 Å².